The van der Waals surface area contributed by atoms with E-state index in [1.165, 1.54) is 18.1 Å². The van der Waals surface area contributed by atoms with E-state index in [1.807, 2.05) is 6.92 Å². The fraction of sp³-hybridized carbons (Fsp3) is 0.500. The average Bonchev–Trinajstić information content (AvgIpc) is 3.04. The van der Waals surface area contributed by atoms with Gasteiger partial charge >= 0.3 is 0 Å². The first-order valence-electron chi connectivity index (χ1n) is 7.45. The highest BCUT2D eigenvalue weighted by Crippen LogP contribution is 2.28. The van der Waals surface area contributed by atoms with Gasteiger partial charge < -0.3 is 15.6 Å². The van der Waals surface area contributed by atoms with Gasteiger partial charge in [-0.15, -0.1) is 0 Å². The highest BCUT2D eigenvalue weighted by atomic mass is 32.2. The standard InChI is InChI=1S/C14H18N6O2S/c1-8(14(22)20-4-2-9(3-5-20)11(15)21)23-13-10-12(17-6-16-10)18-7-19-13/h6-9H,2-5H2,1H3,(H2,15,21)(H,16,17,18,19)/t8-/m1/s1. The number of piperidine rings is 1. The molecule has 0 aromatic carbocycles. The Labute approximate surface area is 137 Å². The summed E-state index contributed by atoms with van der Waals surface area (Å²) in [5.74, 6) is -0.347. The Kier molecular flexibility index (Phi) is 4.46. The zero-order valence-electron chi connectivity index (χ0n) is 12.7. The Morgan fingerprint density at radius 3 is 2.78 bits per heavy atom. The number of imidazole rings is 1. The van der Waals surface area contributed by atoms with Crippen molar-refractivity contribution in [1.29, 1.82) is 0 Å². The van der Waals surface area contributed by atoms with Gasteiger partial charge in [-0.2, -0.15) is 0 Å². The van der Waals surface area contributed by atoms with Crippen LogP contribution in [0, 0.1) is 5.92 Å². The molecule has 0 bridgehead atoms. The van der Waals surface area contributed by atoms with Gasteiger partial charge in [-0.3, -0.25) is 9.59 Å². The summed E-state index contributed by atoms with van der Waals surface area (Å²) in [4.78, 5) is 40.9. The maximum Gasteiger partial charge on any atom is 0.235 e. The van der Waals surface area contributed by atoms with Crippen LogP contribution in [0.3, 0.4) is 0 Å². The molecule has 2 amide bonds. The van der Waals surface area contributed by atoms with E-state index in [-0.39, 0.29) is 23.0 Å². The summed E-state index contributed by atoms with van der Waals surface area (Å²) < 4.78 is 0. The van der Waals surface area contributed by atoms with Gasteiger partial charge in [0, 0.05) is 19.0 Å². The molecule has 1 fully saturated rings. The number of amides is 2. The number of nitrogens with zero attached hydrogens (tertiary/aromatic N) is 4. The molecule has 0 aliphatic carbocycles. The fourth-order valence-corrected chi connectivity index (χ4v) is 3.65. The van der Waals surface area contributed by atoms with E-state index in [2.05, 4.69) is 19.9 Å². The second-order valence-corrected chi connectivity index (χ2v) is 6.87. The molecule has 9 heteroatoms. The topological polar surface area (TPSA) is 118 Å². The largest absolute Gasteiger partial charge is 0.369 e. The number of aromatic amines is 1. The van der Waals surface area contributed by atoms with Crippen molar-refractivity contribution >= 4 is 34.7 Å². The predicted molar refractivity (Wildman–Crippen MR) is 85.5 cm³/mol. The molecular formula is C14H18N6O2S. The fourth-order valence-electron chi connectivity index (χ4n) is 2.69. The van der Waals surface area contributed by atoms with E-state index in [9.17, 15) is 9.59 Å². The van der Waals surface area contributed by atoms with Gasteiger partial charge in [0.15, 0.2) is 5.65 Å². The minimum absolute atomic E-state index is 0.0456. The number of H-pyrrole nitrogens is 1. The molecular weight excluding hydrogens is 316 g/mol. The van der Waals surface area contributed by atoms with E-state index in [1.54, 1.807) is 11.2 Å². The highest BCUT2D eigenvalue weighted by Gasteiger charge is 2.29. The van der Waals surface area contributed by atoms with Gasteiger partial charge in [-0.25, -0.2) is 15.0 Å². The van der Waals surface area contributed by atoms with Crippen molar-refractivity contribution in [3.8, 4) is 0 Å². The third kappa shape index (κ3) is 3.29. The number of hydrogen-bond acceptors (Lipinski definition) is 6. The normalized spacial score (nSPS) is 17.3. The van der Waals surface area contributed by atoms with Gasteiger partial charge in [0.2, 0.25) is 11.8 Å². The van der Waals surface area contributed by atoms with Crippen LogP contribution in [0.15, 0.2) is 17.7 Å². The lowest BCUT2D eigenvalue weighted by atomic mass is 9.96. The summed E-state index contributed by atoms with van der Waals surface area (Å²) >= 11 is 1.38. The smallest absolute Gasteiger partial charge is 0.235 e. The number of likely N-dealkylation sites (tertiary alicyclic amines) is 1. The molecule has 1 aliphatic rings. The summed E-state index contributed by atoms with van der Waals surface area (Å²) in [6.45, 7) is 3.00. The molecule has 3 heterocycles. The number of fused-ring (bicyclic) bond motifs is 1. The minimum atomic E-state index is -0.276. The zero-order valence-corrected chi connectivity index (χ0v) is 13.5. The number of rotatable bonds is 4. The molecule has 0 saturated carbocycles. The zero-order chi connectivity index (χ0) is 16.4. The lowest BCUT2D eigenvalue weighted by Gasteiger charge is -2.32. The summed E-state index contributed by atoms with van der Waals surface area (Å²) in [5, 5.41) is 0.432. The summed E-state index contributed by atoms with van der Waals surface area (Å²) in [6, 6.07) is 0. The van der Waals surface area contributed by atoms with Gasteiger partial charge in [-0.05, 0) is 19.8 Å². The van der Waals surface area contributed by atoms with Crippen molar-refractivity contribution in [2.45, 2.75) is 30.0 Å². The second-order valence-electron chi connectivity index (χ2n) is 5.54. The van der Waals surface area contributed by atoms with Crippen molar-refractivity contribution in [2.24, 2.45) is 11.7 Å². The van der Waals surface area contributed by atoms with Crippen LogP contribution in [0.2, 0.25) is 0 Å². The first kappa shape index (κ1) is 15.7. The number of carbonyl (C=O) groups excluding carboxylic acids is 2. The molecule has 23 heavy (non-hydrogen) atoms. The number of nitrogens with two attached hydrogens (primary N) is 1. The van der Waals surface area contributed by atoms with Crippen LogP contribution in [0.25, 0.3) is 11.2 Å². The molecule has 2 aromatic rings. The van der Waals surface area contributed by atoms with Crippen molar-refractivity contribution in [1.82, 2.24) is 24.8 Å². The van der Waals surface area contributed by atoms with E-state index in [4.69, 9.17) is 5.73 Å². The Balaban J connectivity index is 1.64. The van der Waals surface area contributed by atoms with Crippen LogP contribution < -0.4 is 5.73 Å². The van der Waals surface area contributed by atoms with Crippen molar-refractivity contribution in [2.75, 3.05) is 13.1 Å². The van der Waals surface area contributed by atoms with E-state index in [0.717, 1.165) is 5.52 Å². The average molecular weight is 334 g/mol. The van der Waals surface area contributed by atoms with Crippen LogP contribution in [-0.2, 0) is 9.59 Å². The van der Waals surface area contributed by atoms with Crippen molar-refractivity contribution < 1.29 is 9.59 Å². The minimum Gasteiger partial charge on any atom is -0.369 e. The van der Waals surface area contributed by atoms with Crippen LogP contribution in [0.5, 0.6) is 0 Å². The van der Waals surface area contributed by atoms with Crippen LogP contribution in [-0.4, -0.2) is 55.0 Å². The molecule has 3 N–H and O–H groups in total. The van der Waals surface area contributed by atoms with Gasteiger partial charge in [0.05, 0.1) is 11.6 Å². The number of thioether (sulfide) groups is 1. The molecule has 1 aliphatic heterocycles. The molecule has 122 valence electrons. The van der Waals surface area contributed by atoms with Crippen molar-refractivity contribution in [3.63, 3.8) is 0 Å². The molecule has 0 unspecified atom stereocenters. The number of aromatic nitrogens is 4. The maximum atomic E-state index is 12.6. The summed E-state index contributed by atoms with van der Waals surface area (Å²) in [5.41, 5.74) is 6.65. The number of hydrogen-bond donors (Lipinski definition) is 2. The Hall–Kier alpha value is -2.16. The van der Waals surface area contributed by atoms with Gasteiger partial charge in [-0.1, -0.05) is 11.8 Å². The highest BCUT2D eigenvalue weighted by molar-refractivity contribution is 8.00. The SMILES string of the molecule is C[C@@H](Sc1ncnc2nc[nH]c12)C(=O)N1CCC(C(N)=O)CC1. The molecule has 1 atom stereocenters. The molecule has 0 radical (unpaired) electrons. The summed E-state index contributed by atoms with van der Waals surface area (Å²) in [6.07, 6.45) is 4.28. The Bertz CT molecular complexity index is 725. The monoisotopic (exact) mass is 334 g/mol. The predicted octanol–water partition coefficient (Wildman–Crippen LogP) is 0.557. The molecule has 0 spiro atoms. The summed E-state index contributed by atoms with van der Waals surface area (Å²) in [7, 11) is 0. The molecule has 2 aromatic heterocycles. The third-order valence-electron chi connectivity index (χ3n) is 4.03. The lowest BCUT2D eigenvalue weighted by molar-refractivity contribution is -0.134. The van der Waals surface area contributed by atoms with E-state index >= 15 is 0 Å². The second kappa shape index (κ2) is 6.53. The number of primary amides is 1. The number of carbonyl (C=O) groups is 2. The first-order valence-corrected chi connectivity index (χ1v) is 8.33. The van der Waals surface area contributed by atoms with Gasteiger partial charge in [0.1, 0.15) is 16.9 Å². The van der Waals surface area contributed by atoms with Crippen LogP contribution in [0.1, 0.15) is 19.8 Å². The molecule has 8 nitrogen and oxygen atoms in total. The molecule has 1 saturated heterocycles. The van der Waals surface area contributed by atoms with Gasteiger partial charge in [0.25, 0.3) is 0 Å². The van der Waals surface area contributed by atoms with Crippen LogP contribution >= 0.6 is 11.8 Å². The Morgan fingerprint density at radius 1 is 1.35 bits per heavy atom. The quantitative estimate of drug-likeness (QED) is 0.623. The molecule has 3 rings (SSSR count). The first-order chi connectivity index (χ1) is 11.1. The van der Waals surface area contributed by atoms with E-state index < -0.39 is 0 Å². The van der Waals surface area contributed by atoms with E-state index in [0.29, 0.717) is 36.6 Å². The maximum absolute atomic E-state index is 12.6. The number of nitrogens with one attached hydrogen (secondary N) is 1. The van der Waals surface area contributed by atoms with Crippen molar-refractivity contribution in [3.05, 3.63) is 12.7 Å². The third-order valence-corrected chi connectivity index (χ3v) is 5.12. The van der Waals surface area contributed by atoms with Crippen LogP contribution in [0.4, 0.5) is 0 Å². The Morgan fingerprint density at radius 2 is 2.09 bits per heavy atom. The lowest BCUT2D eigenvalue weighted by Crippen LogP contribution is -2.44.